The van der Waals surface area contributed by atoms with Gasteiger partial charge in [0.15, 0.2) is 6.54 Å². The summed E-state index contributed by atoms with van der Waals surface area (Å²) in [5.41, 5.74) is 1.09. The van der Waals surface area contributed by atoms with Gasteiger partial charge in [-0.3, -0.25) is 4.79 Å². The largest absolute Gasteiger partial charge is 0.496 e. The molecule has 0 saturated heterocycles. The average Bonchev–Trinajstić information content (AvgIpc) is 2.63. The van der Waals surface area contributed by atoms with Gasteiger partial charge in [-0.2, -0.15) is 0 Å². The first-order chi connectivity index (χ1) is 12.6. The van der Waals surface area contributed by atoms with Gasteiger partial charge in [0.05, 0.1) is 14.2 Å². The number of ether oxygens (including phenoxy) is 2. The van der Waals surface area contributed by atoms with Crippen LogP contribution in [0.15, 0.2) is 48.5 Å². The molecule has 6 heteroatoms. The zero-order chi connectivity index (χ0) is 18.8. The van der Waals surface area contributed by atoms with E-state index in [-0.39, 0.29) is 5.91 Å². The fraction of sp³-hybridized carbons (Fsp3) is 0.350. The molecule has 0 aliphatic carbocycles. The lowest BCUT2D eigenvalue weighted by Crippen LogP contribution is -3.10. The van der Waals surface area contributed by atoms with Crippen LogP contribution in [0.2, 0.25) is 5.02 Å². The van der Waals surface area contributed by atoms with E-state index in [1.807, 2.05) is 43.4 Å². The summed E-state index contributed by atoms with van der Waals surface area (Å²) in [4.78, 5) is 13.1. The molecule has 5 nitrogen and oxygen atoms in total. The molecule has 0 radical (unpaired) electrons. The molecule has 0 aliphatic rings. The van der Waals surface area contributed by atoms with Crippen molar-refractivity contribution in [2.24, 2.45) is 0 Å². The minimum Gasteiger partial charge on any atom is -0.496 e. The Morgan fingerprint density at radius 3 is 2.62 bits per heavy atom. The third kappa shape index (κ3) is 6.94. The number of rotatable bonds is 10. The van der Waals surface area contributed by atoms with Crippen LogP contribution < -0.4 is 19.7 Å². The highest BCUT2D eigenvalue weighted by molar-refractivity contribution is 6.30. The van der Waals surface area contributed by atoms with E-state index in [2.05, 4.69) is 5.32 Å². The van der Waals surface area contributed by atoms with E-state index < -0.39 is 0 Å². The number of quaternary nitrogens is 1. The molecule has 0 saturated carbocycles. The summed E-state index contributed by atoms with van der Waals surface area (Å²) in [5.74, 6) is 1.66. The molecule has 2 rings (SSSR count). The Labute approximate surface area is 159 Å². The second kappa shape index (κ2) is 10.7. The van der Waals surface area contributed by atoms with E-state index in [4.69, 9.17) is 21.1 Å². The molecule has 2 aromatic carbocycles. The van der Waals surface area contributed by atoms with E-state index >= 15 is 0 Å². The lowest BCUT2D eigenvalue weighted by Gasteiger charge is -2.14. The SMILES string of the molecule is COc1ccccc1CCNC(=O)C[NH+](C)CCOc1ccc(Cl)cc1. The Kier molecular flexibility index (Phi) is 8.25. The summed E-state index contributed by atoms with van der Waals surface area (Å²) >= 11 is 5.84. The molecular formula is C20H26ClN2O3+. The third-order valence-electron chi connectivity index (χ3n) is 3.98. The zero-order valence-electron chi connectivity index (χ0n) is 15.3. The molecule has 0 fully saturated rings. The lowest BCUT2D eigenvalue weighted by molar-refractivity contribution is -0.871. The molecule has 0 spiro atoms. The number of likely N-dealkylation sites (N-methyl/N-ethyl adjacent to an activating group) is 1. The Bertz CT molecular complexity index is 692. The van der Waals surface area contributed by atoms with Crippen molar-refractivity contribution in [1.29, 1.82) is 0 Å². The maximum Gasteiger partial charge on any atom is 0.275 e. The van der Waals surface area contributed by atoms with Gasteiger partial charge in [-0.25, -0.2) is 0 Å². The topological polar surface area (TPSA) is 52.0 Å². The molecule has 1 unspecified atom stereocenters. The van der Waals surface area contributed by atoms with Crippen molar-refractivity contribution < 1.29 is 19.2 Å². The van der Waals surface area contributed by atoms with Crippen molar-refractivity contribution in [3.05, 3.63) is 59.1 Å². The summed E-state index contributed by atoms with van der Waals surface area (Å²) in [7, 11) is 3.63. The average molecular weight is 378 g/mol. The van der Waals surface area contributed by atoms with Gasteiger partial charge in [0.1, 0.15) is 24.7 Å². The fourth-order valence-corrected chi connectivity index (χ4v) is 2.67. The summed E-state index contributed by atoms with van der Waals surface area (Å²) in [6.07, 6.45) is 0.745. The van der Waals surface area contributed by atoms with E-state index in [1.54, 1.807) is 19.2 Å². The predicted octanol–water partition coefficient (Wildman–Crippen LogP) is 1.60. The lowest BCUT2D eigenvalue weighted by atomic mass is 10.1. The minimum atomic E-state index is 0.0314. The van der Waals surface area contributed by atoms with Crippen LogP contribution in [0.25, 0.3) is 0 Å². The molecule has 1 atom stereocenters. The van der Waals surface area contributed by atoms with Crippen LogP contribution in [0.4, 0.5) is 0 Å². The molecule has 1 amide bonds. The minimum absolute atomic E-state index is 0.0314. The van der Waals surface area contributed by atoms with Crippen molar-refractivity contribution in [1.82, 2.24) is 5.32 Å². The van der Waals surface area contributed by atoms with Gasteiger partial charge in [0.2, 0.25) is 0 Å². The van der Waals surface area contributed by atoms with Crippen molar-refractivity contribution in [3.8, 4) is 11.5 Å². The summed E-state index contributed by atoms with van der Waals surface area (Å²) in [5, 5.41) is 3.64. The monoisotopic (exact) mass is 377 g/mol. The number of hydrogen-bond donors (Lipinski definition) is 2. The Hall–Kier alpha value is -2.24. The number of nitrogens with one attached hydrogen (secondary N) is 2. The summed E-state index contributed by atoms with van der Waals surface area (Å²) in [6, 6.07) is 15.1. The van der Waals surface area contributed by atoms with Crippen molar-refractivity contribution in [3.63, 3.8) is 0 Å². The molecule has 2 aromatic rings. The molecule has 140 valence electrons. The first kappa shape index (κ1) is 20.1. The van der Waals surface area contributed by atoms with Crippen LogP contribution in [0.3, 0.4) is 0 Å². The van der Waals surface area contributed by atoms with Gasteiger partial charge in [-0.1, -0.05) is 29.8 Å². The normalized spacial score (nSPS) is 11.7. The first-order valence-corrected chi connectivity index (χ1v) is 9.04. The van der Waals surface area contributed by atoms with E-state index in [0.29, 0.717) is 24.7 Å². The van der Waals surface area contributed by atoms with Crippen LogP contribution in [0, 0.1) is 0 Å². The predicted molar refractivity (Wildman–Crippen MR) is 103 cm³/mol. The number of amides is 1. The van der Waals surface area contributed by atoms with Crippen molar-refractivity contribution in [2.45, 2.75) is 6.42 Å². The van der Waals surface area contributed by atoms with Gasteiger partial charge < -0.3 is 19.7 Å². The molecule has 0 aliphatic heterocycles. The quantitative estimate of drug-likeness (QED) is 0.661. The number of halogens is 1. The standard InChI is InChI=1S/C20H25ClN2O3/c1-23(13-14-26-18-9-7-17(21)8-10-18)15-20(24)22-12-11-16-5-3-4-6-19(16)25-2/h3-10H,11-15H2,1-2H3,(H,22,24)/p+1. The van der Waals surface area contributed by atoms with Gasteiger partial charge in [-0.15, -0.1) is 0 Å². The molecule has 2 N–H and O–H groups in total. The van der Waals surface area contributed by atoms with Crippen molar-refractivity contribution in [2.75, 3.05) is 40.4 Å². The van der Waals surface area contributed by atoms with Gasteiger partial charge in [0.25, 0.3) is 5.91 Å². The van der Waals surface area contributed by atoms with Gasteiger partial charge in [-0.05, 0) is 42.3 Å². The Morgan fingerprint density at radius 2 is 1.88 bits per heavy atom. The number of carbonyl (C=O) groups is 1. The maximum atomic E-state index is 12.1. The van der Waals surface area contributed by atoms with Crippen molar-refractivity contribution >= 4 is 17.5 Å². The number of benzene rings is 2. The van der Waals surface area contributed by atoms with E-state index in [0.717, 1.165) is 34.9 Å². The Balaban J connectivity index is 1.63. The number of hydrogen-bond acceptors (Lipinski definition) is 3. The van der Waals surface area contributed by atoms with Gasteiger partial charge in [0, 0.05) is 11.6 Å². The molecule has 26 heavy (non-hydrogen) atoms. The molecule has 0 aromatic heterocycles. The van der Waals surface area contributed by atoms with Crippen LogP contribution >= 0.6 is 11.6 Å². The fourth-order valence-electron chi connectivity index (χ4n) is 2.55. The number of carbonyl (C=O) groups excluding carboxylic acids is 1. The van der Waals surface area contributed by atoms with Crippen LogP contribution in [0.5, 0.6) is 11.5 Å². The summed E-state index contributed by atoms with van der Waals surface area (Å²) in [6.45, 7) is 2.29. The highest BCUT2D eigenvalue weighted by Gasteiger charge is 2.10. The first-order valence-electron chi connectivity index (χ1n) is 8.66. The molecule has 0 bridgehead atoms. The third-order valence-corrected chi connectivity index (χ3v) is 4.23. The maximum absolute atomic E-state index is 12.1. The highest BCUT2D eigenvalue weighted by atomic mass is 35.5. The summed E-state index contributed by atoms with van der Waals surface area (Å²) < 4.78 is 11.0. The van der Waals surface area contributed by atoms with Crippen LogP contribution in [-0.4, -0.2) is 46.3 Å². The van der Waals surface area contributed by atoms with E-state index in [1.165, 1.54) is 0 Å². The van der Waals surface area contributed by atoms with E-state index in [9.17, 15) is 4.79 Å². The Morgan fingerprint density at radius 1 is 1.15 bits per heavy atom. The van der Waals surface area contributed by atoms with Crippen LogP contribution in [0.1, 0.15) is 5.56 Å². The smallest absolute Gasteiger partial charge is 0.275 e. The zero-order valence-corrected chi connectivity index (χ0v) is 16.0. The number of methoxy groups -OCH3 is 1. The molecular weight excluding hydrogens is 352 g/mol. The highest BCUT2D eigenvalue weighted by Crippen LogP contribution is 2.17. The van der Waals surface area contributed by atoms with Crippen LogP contribution in [-0.2, 0) is 11.2 Å². The number of para-hydroxylation sites is 1. The second-order valence-electron chi connectivity index (χ2n) is 6.10. The second-order valence-corrected chi connectivity index (χ2v) is 6.53. The van der Waals surface area contributed by atoms with Gasteiger partial charge >= 0.3 is 0 Å². The molecule has 0 heterocycles.